The van der Waals surface area contributed by atoms with Gasteiger partial charge in [-0.15, -0.1) is 23.8 Å². The SMILES string of the molecule is CC(C)(c1ccccc1)c1ccc(-c2cc(-c3cc(-c4ccccc4)ccn3)[c-]c(-c3cccc4c3nc(-c3ccccc3O)n4-c3ccccc3)c2)cc1.[Pt]. The Kier molecular flexibility index (Phi) is 10.1. The van der Waals surface area contributed by atoms with Gasteiger partial charge in [0.2, 0.25) is 0 Å². The molecular formula is C51H38N3OPt-. The van der Waals surface area contributed by atoms with Crippen molar-refractivity contribution in [3.63, 3.8) is 0 Å². The molecule has 274 valence electrons. The molecule has 4 nitrogen and oxygen atoms in total. The number of nitrogens with zero attached hydrogens (tertiary/aromatic N) is 3. The number of para-hydroxylation sites is 3. The normalized spacial score (nSPS) is 11.3. The fraction of sp³-hybridized carbons (Fsp3) is 0.0588. The van der Waals surface area contributed by atoms with Gasteiger partial charge in [-0.2, -0.15) is 0 Å². The number of phenolic OH excluding ortho intramolecular Hbond substituents is 1. The second kappa shape index (κ2) is 15.4. The first-order valence-corrected chi connectivity index (χ1v) is 18.6. The number of rotatable bonds is 8. The van der Waals surface area contributed by atoms with Crippen molar-refractivity contribution < 1.29 is 26.2 Å². The number of hydrogen-bond donors (Lipinski definition) is 1. The van der Waals surface area contributed by atoms with Gasteiger partial charge in [0, 0.05) is 44.1 Å². The molecule has 5 heteroatoms. The molecule has 9 aromatic rings. The maximum Gasteiger partial charge on any atom is 0.148 e. The van der Waals surface area contributed by atoms with Crippen LogP contribution in [0.2, 0.25) is 0 Å². The van der Waals surface area contributed by atoms with E-state index in [1.807, 2.05) is 54.7 Å². The van der Waals surface area contributed by atoms with Crippen LogP contribution in [0, 0.1) is 6.07 Å². The van der Waals surface area contributed by atoms with Crippen LogP contribution in [0.25, 0.3) is 72.7 Å². The Balaban J connectivity index is 0.00000441. The monoisotopic (exact) mass is 903 g/mol. The molecule has 0 atom stereocenters. The largest absolute Gasteiger partial charge is 0.507 e. The summed E-state index contributed by atoms with van der Waals surface area (Å²) in [5, 5.41) is 11.0. The number of aromatic hydroxyl groups is 1. The molecule has 9 rings (SSSR count). The topological polar surface area (TPSA) is 50.9 Å². The van der Waals surface area contributed by atoms with Gasteiger partial charge in [0.25, 0.3) is 0 Å². The summed E-state index contributed by atoms with van der Waals surface area (Å²) in [7, 11) is 0. The van der Waals surface area contributed by atoms with E-state index in [1.165, 1.54) is 11.1 Å². The first-order valence-electron chi connectivity index (χ1n) is 18.6. The average molecular weight is 904 g/mol. The summed E-state index contributed by atoms with van der Waals surface area (Å²) in [5.74, 6) is 0.840. The van der Waals surface area contributed by atoms with Crippen molar-refractivity contribution in [2.45, 2.75) is 19.3 Å². The van der Waals surface area contributed by atoms with Crippen LogP contribution in [0.5, 0.6) is 5.75 Å². The zero-order valence-electron chi connectivity index (χ0n) is 31.0. The number of hydrogen-bond acceptors (Lipinski definition) is 3. The molecule has 0 aliphatic carbocycles. The first-order chi connectivity index (χ1) is 26.9. The number of imidazole rings is 1. The van der Waals surface area contributed by atoms with Crippen molar-refractivity contribution in [2.75, 3.05) is 0 Å². The Morgan fingerprint density at radius 2 is 1.14 bits per heavy atom. The predicted octanol–water partition coefficient (Wildman–Crippen LogP) is 12.6. The minimum Gasteiger partial charge on any atom is -0.507 e. The van der Waals surface area contributed by atoms with E-state index in [0.29, 0.717) is 11.4 Å². The molecule has 0 radical (unpaired) electrons. The van der Waals surface area contributed by atoms with Gasteiger partial charge in [-0.3, -0.25) is 9.55 Å². The Morgan fingerprint density at radius 3 is 1.88 bits per heavy atom. The minimum atomic E-state index is -0.152. The average Bonchev–Trinajstić information content (AvgIpc) is 3.64. The molecule has 0 bridgehead atoms. The molecule has 0 unspecified atom stereocenters. The van der Waals surface area contributed by atoms with Crippen molar-refractivity contribution in [3.05, 3.63) is 205 Å². The van der Waals surface area contributed by atoms with Crippen LogP contribution in [0.4, 0.5) is 0 Å². The van der Waals surface area contributed by atoms with Crippen molar-refractivity contribution in [1.29, 1.82) is 0 Å². The predicted molar refractivity (Wildman–Crippen MR) is 225 cm³/mol. The molecule has 0 spiro atoms. The molecule has 0 saturated carbocycles. The molecule has 0 aliphatic heterocycles. The molecule has 7 aromatic carbocycles. The van der Waals surface area contributed by atoms with E-state index in [2.05, 4.69) is 152 Å². The van der Waals surface area contributed by atoms with Crippen LogP contribution in [0.1, 0.15) is 25.0 Å². The van der Waals surface area contributed by atoms with E-state index in [0.717, 1.165) is 61.4 Å². The van der Waals surface area contributed by atoms with E-state index in [-0.39, 0.29) is 32.2 Å². The van der Waals surface area contributed by atoms with E-state index < -0.39 is 0 Å². The Hall–Kier alpha value is -6.35. The Bertz CT molecular complexity index is 2780. The van der Waals surface area contributed by atoms with Gasteiger partial charge in [-0.25, -0.2) is 4.98 Å². The number of fused-ring (bicyclic) bond motifs is 1. The quantitative estimate of drug-likeness (QED) is 0.155. The maximum atomic E-state index is 11.0. The molecule has 0 aliphatic rings. The van der Waals surface area contributed by atoms with E-state index in [1.54, 1.807) is 6.07 Å². The summed E-state index contributed by atoms with van der Waals surface area (Å²) in [4.78, 5) is 10.2. The number of benzene rings is 7. The first kappa shape index (κ1) is 36.6. The molecule has 0 amide bonds. The van der Waals surface area contributed by atoms with E-state index >= 15 is 0 Å². The summed E-state index contributed by atoms with van der Waals surface area (Å²) in [5.41, 5.74) is 13.7. The van der Waals surface area contributed by atoms with Crippen molar-refractivity contribution in [1.82, 2.24) is 14.5 Å². The van der Waals surface area contributed by atoms with Gasteiger partial charge in [0.05, 0.1) is 16.6 Å². The molecule has 2 heterocycles. The molecule has 1 N–H and O–H groups in total. The molecule has 2 aromatic heterocycles. The third-order valence-corrected chi connectivity index (χ3v) is 10.6. The Morgan fingerprint density at radius 1 is 0.536 bits per heavy atom. The second-order valence-corrected chi connectivity index (χ2v) is 14.4. The summed E-state index contributed by atoms with van der Waals surface area (Å²) >= 11 is 0. The summed E-state index contributed by atoms with van der Waals surface area (Å²) in [6.45, 7) is 4.55. The van der Waals surface area contributed by atoms with Crippen LogP contribution >= 0.6 is 0 Å². The third kappa shape index (κ3) is 6.89. The second-order valence-electron chi connectivity index (χ2n) is 14.4. The molecular weight excluding hydrogens is 866 g/mol. The van der Waals surface area contributed by atoms with Gasteiger partial charge in [0.1, 0.15) is 11.6 Å². The zero-order valence-corrected chi connectivity index (χ0v) is 33.3. The third-order valence-electron chi connectivity index (χ3n) is 10.6. The zero-order chi connectivity index (χ0) is 37.4. The maximum absolute atomic E-state index is 11.0. The fourth-order valence-corrected chi connectivity index (χ4v) is 7.51. The van der Waals surface area contributed by atoms with Crippen molar-refractivity contribution in [2.24, 2.45) is 0 Å². The summed E-state index contributed by atoms with van der Waals surface area (Å²) in [6, 6.07) is 66.2. The van der Waals surface area contributed by atoms with Crippen LogP contribution in [-0.2, 0) is 26.5 Å². The van der Waals surface area contributed by atoms with Crippen LogP contribution in [0.15, 0.2) is 188 Å². The molecule has 0 saturated heterocycles. The van der Waals surface area contributed by atoms with E-state index in [9.17, 15) is 5.11 Å². The van der Waals surface area contributed by atoms with Crippen molar-refractivity contribution in [3.8, 4) is 67.5 Å². The van der Waals surface area contributed by atoms with E-state index in [4.69, 9.17) is 9.97 Å². The molecule has 56 heavy (non-hydrogen) atoms. The van der Waals surface area contributed by atoms with Gasteiger partial charge in [-0.1, -0.05) is 164 Å². The van der Waals surface area contributed by atoms with Crippen LogP contribution in [0.3, 0.4) is 0 Å². The smallest absolute Gasteiger partial charge is 0.148 e. The van der Waals surface area contributed by atoms with Gasteiger partial charge < -0.3 is 5.11 Å². The number of phenols is 1. The summed E-state index contributed by atoms with van der Waals surface area (Å²) in [6.07, 6.45) is 1.87. The van der Waals surface area contributed by atoms with Crippen molar-refractivity contribution >= 4 is 11.0 Å². The van der Waals surface area contributed by atoms with Gasteiger partial charge in [0.15, 0.2) is 0 Å². The summed E-state index contributed by atoms with van der Waals surface area (Å²) < 4.78 is 2.12. The minimum absolute atomic E-state index is 0. The fourth-order valence-electron chi connectivity index (χ4n) is 7.51. The molecule has 0 fully saturated rings. The Labute approximate surface area is 342 Å². The standard InChI is InChI=1S/C51H38N3O.Pt/c1-51(2,41-17-8-4-9-18-41)42-27-25-36(26-28-42)38-31-39(33-40(32-38)46-34-37(29-30-52-46)35-15-6-3-7-16-35)44-22-14-23-47-49(44)53-50(45-21-12-13-24-48(45)55)54(47)43-19-10-5-11-20-43;/h3-32,34,55H,1-2H3;/q-1;. The number of aromatic nitrogens is 3. The van der Waals surface area contributed by atoms with Crippen LogP contribution in [-0.4, -0.2) is 19.6 Å². The number of pyridine rings is 1. The van der Waals surface area contributed by atoms with Gasteiger partial charge in [-0.05, 0) is 64.2 Å². The van der Waals surface area contributed by atoms with Crippen LogP contribution < -0.4 is 0 Å². The van der Waals surface area contributed by atoms with Gasteiger partial charge >= 0.3 is 0 Å².